The predicted octanol–water partition coefficient (Wildman–Crippen LogP) is 3.13. The van der Waals surface area contributed by atoms with Crippen molar-refractivity contribution >= 4 is 53.4 Å². The summed E-state index contributed by atoms with van der Waals surface area (Å²) in [5.41, 5.74) is 6.98. The van der Waals surface area contributed by atoms with Gasteiger partial charge >= 0.3 is 0 Å². The van der Waals surface area contributed by atoms with Crippen LogP contribution in [0.1, 0.15) is 47.0 Å². The monoisotopic (exact) mass is 382 g/mol. The molecular weight excluding hydrogens is 363 g/mol. The van der Waals surface area contributed by atoms with Crippen LogP contribution in [0, 0.1) is 0 Å². The molecule has 2 rings (SSSR count). The van der Waals surface area contributed by atoms with Gasteiger partial charge < -0.3 is 11.1 Å². The quantitative estimate of drug-likeness (QED) is 0.850. The second kappa shape index (κ2) is 8.79. The molecule has 0 bridgehead atoms. The van der Waals surface area contributed by atoms with E-state index in [9.17, 15) is 4.79 Å². The summed E-state index contributed by atoms with van der Waals surface area (Å²) in [7, 11) is 0. The van der Waals surface area contributed by atoms with Gasteiger partial charge in [0.05, 0.1) is 12.2 Å². The van der Waals surface area contributed by atoms with Crippen LogP contribution in [0.4, 0.5) is 0 Å². The molecule has 0 atom stereocenters. The Kier molecular flexibility index (Phi) is 8.49. The topological polar surface area (TPSA) is 80.9 Å². The minimum Gasteiger partial charge on any atom is -0.344 e. The van der Waals surface area contributed by atoms with Crippen LogP contribution in [0.15, 0.2) is 10.8 Å². The Hall–Kier alpha value is -0.730. The molecule has 5 nitrogen and oxygen atoms in total. The van der Waals surface area contributed by atoms with Gasteiger partial charge in [-0.1, -0.05) is 20.8 Å². The van der Waals surface area contributed by atoms with Crippen LogP contribution >= 0.6 is 47.5 Å². The summed E-state index contributed by atoms with van der Waals surface area (Å²) in [5.74, 6) is -0.187. The van der Waals surface area contributed by atoms with Crippen LogP contribution in [-0.2, 0) is 18.5 Å². The van der Waals surface area contributed by atoms with Gasteiger partial charge in [-0.3, -0.25) is 4.79 Å². The number of hydrogen-bond donors (Lipinski definition) is 2. The van der Waals surface area contributed by atoms with E-state index in [1.54, 1.807) is 16.7 Å². The Balaban J connectivity index is 0.00000220. The molecule has 0 unspecified atom stereocenters. The highest BCUT2D eigenvalue weighted by Crippen LogP contribution is 2.23. The standard InChI is InChI=1S/C13H18N4OS2.2ClH/c1-13(2,3)9-7-20-11(17-9)5-15-12(18)8-6-19-10(4-14)16-8;;/h6-7H,4-5,14H2,1-3H3,(H,15,18);2*1H. The van der Waals surface area contributed by atoms with Gasteiger partial charge in [-0.15, -0.1) is 47.5 Å². The van der Waals surface area contributed by atoms with Crippen molar-refractivity contribution in [2.24, 2.45) is 5.73 Å². The number of nitrogens with zero attached hydrogens (tertiary/aromatic N) is 2. The van der Waals surface area contributed by atoms with Gasteiger partial charge in [0.2, 0.25) is 0 Å². The van der Waals surface area contributed by atoms with Gasteiger partial charge in [0.15, 0.2) is 0 Å². The lowest BCUT2D eigenvalue weighted by molar-refractivity contribution is 0.0946. The largest absolute Gasteiger partial charge is 0.344 e. The average molecular weight is 383 g/mol. The summed E-state index contributed by atoms with van der Waals surface area (Å²) >= 11 is 2.96. The molecule has 124 valence electrons. The number of hydrogen-bond acceptors (Lipinski definition) is 6. The van der Waals surface area contributed by atoms with E-state index in [-0.39, 0.29) is 36.1 Å². The number of thiazole rings is 2. The van der Waals surface area contributed by atoms with Crippen LogP contribution in [0.2, 0.25) is 0 Å². The smallest absolute Gasteiger partial charge is 0.271 e. The van der Waals surface area contributed by atoms with E-state index in [0.29, 0.717) is 18.8 Å². The first-order chi connectivity index (χ1) is 9.40. The van der Waals surface area contributed by atoms with Crippen molar-refractivity contribution < 1.29 is 4.79 Å². The molecule has 0 spiro atoms. The molecule has 0 saturated heterocycles. The summed E-state index contributed by atoms with van der Waals surface area (Å²) in [5, 5.41) is 8.25. The average Bonchev–Trinajstić information content (AvgIpc) is 3.04. The molecule has 0 radical (unpaired) electrons. The number of carbonyl (C=O) groups excluding carboxylic acids is 1. The van der Waals surface area contributed by atoms with Gasteiger partial charge in [0.25, 0.3) is 5.91 Å². The van der Waals surface area contributed by atoms with Crippen molar-refractivity contribution in [2.45, 2.75) is 39.3 Å². The van der Waals surface area contributed by atoms with Crippen molar-refractivity contribution in [3.8, 4) is 0 Å². The zero-order valence-corrected chi connectivity index (χ0v) is 15.8. The number of rotatable bonds is 4. The van der Waals surface area contributed by atoms with E-state index in [2.05, 4.69) is 36.1 Å². The Morgan fingerprint density at radius 2 is 1.82 bits per heavy atom. The summed E-state index contributed by atoms with van der Waals surface area (Å²) in [6.07, 6.45) is 0. The fourth-order valence-corrected chi connectivity index (χ4v) is 3.11. The first kappa shape index (κ1) is 21.3. The summed E-state index contributed by atoms with van der Waals surface area (Å²) in [6, 6.07) is 0. The van der Waals surface area contributed by atoms with Gasteiger partial charge in [-0.2, -0.15) is 0 Å². The Morgan fingerprint density at radius 1 is 1.18 bits per heavy atom. The summed E-state index contributed by atoms with van der Waals surface area (Å²) < 4.78 is 0. The predicted molar refractivity (Wildman–Crippen MR) is 96.5 cm³/mol. The van der Waals surface area contributed by atoms with Gasteiger partial charge in [-0.25, -0.2) is 9.97 Å². The normalized spacial score (nSPS) is 10.5. The van der Waals surface area contributed by atoms with Crippen molar-refractivity contribution in [3.63, 3.8) is 0 Å². The van der Waals surface area contributed by atoms with Crippen LogP contribution in [0.25, 0.3) is 0 Å². The third kappa shape index (κ3) is 5.48. The lowest BCUT2D eigenvalue weighted by atomic mass is 9.93. The summed E-state index contributed by atoms with van der Waals surface area (Å²) in [6.45, 7) is 7.14. The Labute approximate surface area is 150 Å². The molecule has 0 aliphatic heterocycles. The maximum absolute atomic E-state index is 11.9. The molecule has 0 saturated carbocycles. The molecule has 2 aromatic rings. The molecule has 0 aliphatic rings. The zero-order chi connectivity index (χ0) is 14.8. The van der Waals surface area contributed by atoms with Crippen molar-refractivity contribution in [2.75, 3.05) is 0 Å². The molecule has 9 heteroatoms. The van der Waals surface area contributed by atoms with Crippen molar-refractivity contribution in [1.82, 2.24) is 15.3 Å². The minimum absolute atomic E-state index is 0. The van der Waals surface area contributed by atoms with Gasteiger partial charge in [0, 0.05) is 22.7 Å². The van der Waals surface area contributed by atoms with Crippen LogP contribution < -0.4 is 11.1 Å². The van der Waals surface area contributed by atoms with Crippen LogP contribution in [0.3, 0.4) is 0 Å². The molecule has 3 N–H and O–H groups in total. The third-order valence-corrected chi connectivity index (χ3v) is 4.40. The van der Waals surface area contributed by atoms with E-state index >= 15 is 0 Å². The fourth-order valence-electron chi connectivity index (χ4n) is 1.49. The van der Waals surface area contributed by atoms with Gasteiger partial charge in [0.1, 0.15) is 15.7 Å². The Morgan fingerprint density at radius 3 is 2.32 bits per heavy atom. The van der Waals surface area contributed by atoms with Crippen LogP contribution in [0.5, 0.6) is 0 Å². The number of amides is 1. The number of carbonyl (C=O) groups is 1. The lowest BCUT2D eigenvalue weighted by Gasteiger charge is -2.14. The number of nitrogens with one attached hydrogen (secondary N) is 1. The third-order valence-electron chi connectivity index (χ3n) is 2.68. The van der Waals surface area contributed by atoms with E-state index < -0.39 is 0 Å². The molecule has 2 aromatic heterocycles. The highest BCUT2D eigenvalue weighted by molar-refractivity contribution is 7.10. The molecular formula is C13H20Cl2N4OS2. The van der Waals surface area contributed by atoms with E-state index in [0.717, 1.165) is 15.7 Å². The second-order valence-electron chi connectivity index (χ2n) is 5.39. The highest BCUT2D eigenvalue weighted by atomic mass is 35.5. The van der Waals surface area contributed by atoms with E-state index in [1.807, 2.05) is 5.38 Å². The number of nitrogens with two attached hydrogens (primary N) is 1. The van der Waals surface area contributed by atoms with E-state index in [4.69, 9.17) is 5.73 Å². The SMILES string of the molecule is CC(C)(C)c1csc(CNC(=O)c2csc(CN)n2)n1.Cl.Cl. The van der Waals surface area contributed by atoms with E-state index in [1.165, 1.54) is 11.3 Å². The second-order valence-corrected chi connectivity index (χ2v) is 7.28. The van der Waals surface area contributed by atoms with Crippen LogP contribution in [-0.4, -0.2) is 15.9 Å². The molecule has 0 fully saturated rings. The summed E-state index contributed by atoms with van der Waals surface area (Å²) in [4.78, 5) is 20.6. The maximum atomic E-state index is 11.9. The lowest BCUT2D eigenvalue weighted by Crippen LogP contribution is -2.23. The first-order valence-electron chi connectivity index (χ1n) is 6.27. The minimum atomic E-state index is -0.187. The highest BCUT2D eigenvalue weighted by Gasteiger charge is 2.18. The molecule has 1 amide bonds. The first-order valence-corrected chi connectivity index (χ1v) is 8.03. The maximum Gasteiger partial charge on any atom is 0.271 e. The van der Waals surface area contributed by atoms with Gasteiger partial charge in [-0.05, 0) is 0 Å². The molecule has 22 heavy (non-hydrogen) atoms. The zero-order valence-electron chi connectivity index (χ0n) is 12.6. The molecule has 0 aliphatic carbocycles. The number of aromatic nitrogens is 2. The number of halogens is 2. The molecule has 2 heterocycles. The van der Waals surface area contributed by atoms with Crippen molar-refractivity contribution in [1.29, 1.82) is 0 Å². The Bertz CT molecular complexity index is 607. The molecule has 0 aromatic carbocycles. The fraction of sp³-hybridized carbons (Fsp3) is 0.462. The van der Waals surface area contributed by atoms with Crippen molar-refractivity contribution in [3.05, 3.63) is 32.2 Å².